The van der Waals surface area contributed by atoms with Gasteiger partial charge in [-0.05, 0) is 17.7 Å². The minimum absolute atomic E-state index is 0.291. The van der Waals surface area contributed by atoms with Crippen LogP contribution < -0.4 is 0 Å². The molecule has 0 atom stereocenters. The number of nitrogens with one attached hydrogen (secondary N) is 1. The van der Waals surface area contributed by atoms with Gasteiger partial charge in [0.1, 0.15) is 0 Å². The monoisotopic (exact) mass is 201 g/mol. The average Bonchev–Trinajstić information content (AvgIpc) is 2.28. The first-order chi connectivity index (χ1) is 7.28. The first kappa shape index (κ1) is 12.5. The quantitative estimate of drug-likeness (QED) is 0.577. The van der Waals surface area contributed by atoms with Gasteiger partial charge in [-0.1, -0.05) is 12.1 Å². The summed E-state index contributed by atoms with van der Waals surface area (Å²) in [6.07, 6.45) is 2.20. The summed E-state index contributed by atoms with van der Waals surface area (Å²) in [6, 6.07) is 8.97. The molecule has 1 aromatic carbocycles. The van der Waals surface area contributed by atoms with Crippen molar-refractivity contribution >= 4 is 12.2 Å². The maximum absolute atomic E-state index is 9.78. The van der Waals surface area contributed by atoms with Crippen LogP contribution in [0.3, 0.4) is 0 Å². The van der Waals surface area contributed by atoms with Gasteiger partial charge in [0, 0.05) is 0 Å². The van der Waals surface area contributed by atoms with Crippen molar-refractivity contribution in [1.29, 1.82) is 10.7 Å². The molecule has 5 nitrogen and oxygen atoms in total. The van der Waals surface area contributed by atoms with Crippen LogP contribution in [0.4, 0.5) is 0 Å². The number of hydrogen-bond donors (Lipinski definition) is 1. The van der Waals surface area contributed by atoms with Crippen LogP contribution in [0.5, 0.6) is 0 Å². The lowest BCUT2D eigenvalue weighted by Gasteiger charge is -1.93. The van der Waals surface area contributed by atoms with E-state index in [1.54, 1.807) is 18.2 Å². The number of isocyanates is 2. The molecule has 0 aliphatic carbocycles. The molecule has 0 bridgehead atoms. The van der Waals surface area contributed by atoms with Crippen LogP contribution in [-0.4, -0.2) is 12.2 Å². The fraction of sp³-hybridized carbons (Fsp3) is 0.100. The second-order valence-electron chi connectivity index (χ2n) is 2.32. The fourth-order valence-corrected chi connectivity index (χ4v) is 0.863. The van der Waals surface area contributed by atoms with E-state index in [-0.39, 0.29) is 0 Å². The van der Waals surface area contributed by atoms with Crippen molar-refractivity contribution < 1.29 is 9.59 Å². The van der Waals surface area contributed by atoms with Crippen LogP contribution in [-0.2, 0) is 16.1 Å². The number of benzene rings is 1. The number of rotatable bonds is 2. The standard InChI is InChI=1S/C9H6N2O.CHNO/c10-5-8-2-1-3-9(4-8)6-11-7-12;2-1-3/h1-4H,6H2;2H. The summed E-state index contributed by atoms with van der Waals surface area (Å²) in [5, 5.41) is 13.9. The second kappa shape index (κ2) is 8.09. The van der Waals surface area contributed by atoms with E-state index in [2.05, 4.69) is 4.99 Å². The molecule has 0 saturated carbocycles. The highest BCUT2D eigenvalue weighted by Gasteiger charge is 1.92. The Labute approximate surface area is 86.2 Å². The molecule has 0 fully saturated rings. The molecule has 1 N–H and O–H groups in total. The lowest BCUT2D eigenvalue weighted by Crippen LogP contribution is -1.82. The Hall–Kier alpha value is -2.53. The van der Waals surface area contributed by atoms with Gasteiger partial charge in [-0.2, -0.15) is 5.26 Å². The molecule has 0 spiro atoms. The summed E-state index contributed by atoms with van der Waals surface area (Å²) >= 11 is 0. The predicted molar refractivity (Wildman–Crippen MR) is 51.4 cm³/mol. The SMILES string of the molecule is N#Cc1cccc(CN=C=O)c1.N=C=O. The van der Waals surface area contributed by atoms with Gasteiger partial charge in [0.15, 0.2) is 0 Å². The minimum atomic E-state index is 0.291. The van der Waals surface area contributed by atoms with Crippen molar-refractivity contribution in [3.63, 3.8) is 0 Å². The van der Waals surface area contributed by atoms with E-state index < -0.39 is 0 Å². The van der Waals surface area contributed by atoms with Crippen molar-refractivity contribution in [2.24, 2.45) is 4.99 Å². The van der Waals surface area contributed by atoms with Crippen molar-refractivity contribution in [2.45, 2.75) is 6.54 Å². The molecule has 15 heavy (non-hydrogen) atoms. The van der Waals surface area contributed by atoms with Gasteiger partial charge in [0.2, 0.25) is 12.2 Å². The highest BCUT2D eigenvalue weighted by atomic mass is 16.1. The fourth-order valence-electron chi connectivity index (χ4n) is 0.863. The maximum atomic E-state index is 9.78. The maximum Gasteiger partial charge on any atom is 0.235 e. The van der Waals surface area contributed by atoms with Crippen molar-refractivity contribution in [2.75, 3.05) is 0 Å². The smallest absolute Gasteiger partial charge is 0.222 e. The number of aliphatic imine (C=N–C) groups is 1. The third kappa shape index (κ3) is 5.67. The van der Waals surface area contributed by atoms with E-state index in [9.17, 15) is 4.79 Å². The molecule has 1 aromatic rings. The van der Waals surface area contributed by atoms with Gasteiger partial charge in [-0.25, -0.2) is 20.0 Å². The van der Waals surface area contributed by atoms with Gasteiger partial charge in [-0.15, -0.1) is 0 Å². The Kier molecular flexibility index (Phi) is 6.72. The summed E-state index contributed by atoms with van der Waals surface area (Å²) in [7, 11) is 0. The van der Waals surface area contributed by atoms with Crippen LogP contribution in [0.2, 0.25) is 0 Å². The van der Waals surface area contributed by atoms with Crippen LogP contribution >= 0.6 is 0 Å². The van der Waals surface area contributed by atoms with Gasteiger partial charge in [0.05, 0.1) is 18.2 Å². The van der Waals surface area contributed by atoms with E-state index >= 15 is 0 Å². The van der Waals surface area contributed by atoms with Crippen LogP contribution in [0.1, 0.15) is 11.1 Å². The molecule has 1 rings (SSSR count). The Bertz CT molecular complexity index is 436. The van der Waals surface area contributed by atoms with Crippen LogP contribution in [0, 0.1) is 16.7 Å². The largest absolute Gasteiger partial charge is 0.235 e. The Morgan fingerprint density at radius 1 is 1.40 bits per heavy atom. The first-order valence-corrected chi connectivity index (χ1v) is 3.85. The normalized spacial score (nSPS) is 7.13. The zero-order valence-corrected chi connectivity index (χ0v) is 7.73. The molecule has 0 aliphatic rings. The second-order valence-corrected chi connectivity index (χ2v) is 2.32. The molecule has 0 aromatic heterocycles. The van der Waals surface area contributed by atoms with Crippen LogP contribution in [0.15, 0.2) is 29.3 Å². The van der Waals surface area contributed by atoms with E-state index in [0.29, 0.717) is 12.1 Å². The highest BCUT2D eigenvalue weighted by Crippen LogP contribution is 2.04. The molecule has 0 aliphatic heterocycles. The molecule has 0 unspecified atom stereocenters. The Morgan fingerprint density at radius 2 is 2.07 bits per heavy atom. The molecule has 0 amide bonds. The number of hydrogen-bond acceptors (Lipinski definition) is 5. The number of nitriles is 1. The van der Waals surface area contributed by atoms with E-state index in [4.69, 9.17) is 15.5 Å². The summed E-state index contributed by atoms with van der Waals surface area (Å²) in [6.45, 7) is 0.291. The molecule has 74 valence electrons. The average molecular weight is 201 g/mol. The van der Waals surface area contributed by atoms with Gasteiger partial charge < -0.3 is 0 Å². The number of nitrogens with zero attached hydrogens (tertiary/aromatic N) is 2. The van der Waals surface area contributed by atoms with E-state index in [1.165, 1.54) is 6.08 Å². The zero-order valence-electron chi connectivity index (χ0n) is 7.73. The van der Waals surface area contributed by atoms with Crippen molar-refractivity contribution in [3.8, 4) is 6.07 Å². The third-order valence-electron chi connectivity index (χ3n) is 1.38. The third-order valence-corrected chi connectivity index (χ3v) is 1.38. The van der Waals surface area contributed by atoms with Gasteiger partial charge in [-0.3, -0.25) is 0 Å². The summed E-state index contributed by atoms with van der Waals surface area (Å²) in [5.41, 5.74) is 1.42. The van der Waals surface area contributed by atoms with Gasteiger partial charge in [0.25, 0.3) is 0 Å². The molecule has 0 saturated heterocycles. The first-order valence-electron chi connectivity index (χ1n) is 3.85. The Balaban J connectivity index is 0.000000583. The lowest BCUT2D eigenvalue weighted by atomic mass is 10.1. The van der Waals surface area contributed by atoms with Crippen molar-refractivity contribution in [3.05, 3.63) is 35.4 Å². The summed E-state index contributed by atoms with van der Waals surface area (Å²) in [5.74, 6) is 0. The predicted octanol–water partition coefficient (Wildman–Crippen LogP) is 1.30. The molecular formula is C10H7N3O2. The van der Waals surface area contributed by atoms with Crippen molar-refractivity contribution in [1.82, 2.24) is 0 Å². The van der Waals surface area contributed by atoms with E-state index in [0.717, 1.165) is 11.6 Å². The molecule has 5 heteroatoms. The zero-order chi connectivity index (χ0) is 11.5. The molecular weight excluding hydrogens is 194 g/mol. The summed E-state index contributed by atoms with van der Waals surface area (Å²) < 4.78 is 0. The van der Waals surface area contributed by atoms with E-state index in [1.807, 2.05) is 12.1 Å². The van der Waals surface area contributed by atoms with Gasteiger partial charge >= 0.3 is 0 Å². The molecule has 0 radical (unpaired) electrons. The highest BCUT2D eigenvalue weighted by molar-refractivity contribution is 5.36. The number of carbonyl (C=O) groups excluding carboxylic acids is 2. The summed E-state index contributed by atoms with van der Waals surface area (Å²) in [4.78, 5) is 21.5. The Morgan fingerprint density at radius 3 is 2.60 bits per heavy atom. The minimum Gasteiger partial charge on any atom is -0.222 e. The topological polar surface area (TPSA) is 94.1 Å². The molecule has 0 heterocycles. The lowest BCUT2D eigenvalue weighted by molar-refractivity contribution is 0.562. The van der Waals surface area contributed by atoms with Crippen LogP contribution in [0.25, 0.3) is 0 Å².